The molecule has 0 unspecified atom stereocenters. The minimum Gasteiger partial charge on any atom is -0.445 e. The Kier molecular flexibility index (Phi) is 4.32. The van der Waals surface area contributed by atoms with Gasteiger partial charge in [-0.05, 0) is 31.2 Å². The molecule has 0 bridgehead atoms. The van der Waals surface area contributed by atoms with Gasteiger partial charge in [0.1, 0.15) is 11.6 Å². The number of nitrogens with zero attached hydrogens (tertiary/aromatic N) is 3. The lowest BCUT2D eigenvalue weighted by Crippen LogP contribution is -2.49. The van der Waals surface area contributed by atoms with Crippen molar-refractivity contribution in [2.45, 2.75) is 20.3 Å². The summed E-state index contributed by atoms with van der Waals surface area (Å²) in [6.45, 7) is 6.43. The highest BCUT2D eigenvalue weighted by molar-refractivity contribution is 5.78. The van der Waals surface area contributed by atoms with Crippen molar-refractivity contribution in [1.29, 1.82) is 0 Å². The first-order valence-corrected chi connectivity index (χ1v) is 7.74. The fourth-order valence-electron chi connectivity index (χ4n) is 2.85. The number of hydrogen-bond acceptors (Lipinski definition) is 4. The first-order chi connectivity index (χ1) is 11.0. The van der Waals surface area contributed by atoms with Gasteiger partial charge >= 0.3 is 0 Å². The van der Waals surface area contributed by atoms with Crippen LogP contribution in [-0.2, 0) is 11.2 Å². The van der Waals surface area contributed by atoms with Gasteiger partial charge < -0.3 is 14.2 Å². The highest BCUT2D eigenvalue weighted by atomic mass is 19.1. The summed E-state index contributed by atoms with van der Waals surface area (Å²) >= 11 is 0. The summed E-state index contributed by atoms with van der Waals surface area (Å²) in [5.41, 5.74) is 1.76. The quantitative estimate of drug-likeness (QED) is 0.872. The molecule has 1 aromatic carbocycles. The maximum absolute atomic E-state index is 13.0. The number of halogens is 1. The second-order valence-electron chi connectivity index (χ2n) is 5.76. The molecule has 1 saturated heterocycles. The third kappa shape index (κ3) is 3.52. The highest BCUT2D eigenvalue weighted by Crippen LogP contribution is 2.18. The van der Waals surface area contributed by atoms with E-state index in [1.54, 1.807) is 19.1 Å². The molecule has 2 aromatic rings. The average Bonchev–Trinajstić information content (AvgIpc) is 2.86. The Morgan fingerprint density at radius 2 is 1.83 bits per heavy atom. The highest BCUT2D eigenvalue weighted by Gasteiger charge is 2.23. The molecule has 0 spiro atoms. The molecule has 122 valence electrons. The smallest absolute Gasteiger partial charge is 0.230 e. The number of carbonyl (C=O) groups is 1. The summed E-state index contributed by atoms with van der Waals surface area (Å²) in [7, 11) is 0. The number of carbonyl (C=O) groups excluding carboxylic acids is 1. The summed E-state index contributed by atoms with van der Waals surface area (Å²) in [6.07, 6.45) is 0.253. The van der Waals surface area contributed by atoms with Gasteiger partial charge in [0.05, 0.1) is 12.1 Å². The van der Waals surface area contributed by atoms with Crippen LogP contribution in [0.15, 0.2) is 28.7 Å². The number of aromatic nitrogens is 1. The summed E-state index contributed by atoms with van der Waals surface area (Å²) in [6, 6.07) is 6.46. The zero-order chi connectivity index (χ0) is 16.4. The molecular formula is C17H20FN3O2. The number of rotatable bonds is 3. The number of hydrogen-bond donors (Lipinski definition) is 0. The van der Waals surface area contributed by atoms with E-state index in [9.17, 15) is 9.18 Å². The van der Waals surface area contributed by atoms with Crippen LogP contribution in [0.4, 0.5) is 10.1 Å². The van der Waals surface area contributed by atoms with E-state index in [4.69, 9.17) is 4.42 Å². The lowest BCUT2D eigenvalue weighted by Gasteiger charge is -2.36. The zero-order valence-electron chi connectivity index (χ0n) is 13.4. The zero-order valence-corrected chi connectivity index (χ0v) is 13.4. The van der Waals surface area contributed by atoms with E-state index >= 15 is 0 Å². The molecule has 0 atom stereocenters. The Morgan fingerprint density at radius 1 is 1.17 bits per heavy atom. The summed E-state index contributed by atoms with van der Waals surface area (Å²) in [4.78, 5) is 20.6. The number of piperazine rings is 1. The Hall–Kier alpha value is -2.37. The van der Waals surface area contributed by atoms with Gasteiger partial charge in [-0.3, -0.25) is 4.79 Å². The van der Waals surface area contributed by atoms with Crippen LogP contribution in [0.1, 0.15) is 17.3 Å². The second-order valence-corrected chi connectivity index (χ2v) is 5.76. The van der Waals surface area contributed by atoms with Crippen LogP contribution >= 0.6 is 0 Å². The number of aryl methyl sites for hydroxylation is 2. The molecule has 2 heterocycles. The fourth-order valence-corrected chi connectivity index (χ4v) is 2.85. The summed E-state index contributed by atoms with van der Waals surface area (Å²) in [5, 5.41) is 0. The van der Waals surface area contributed by atoms with Crippen molar-refractivity contribution in [2.24, 2.45) is 0 Å². The predicted molar refractivity (Wildman–Crippen MR) is 84.9 cm³/mol. The van der Waals surface area contributed by atoms with E-state index in [2.05, 4.69) is 9.88 Å². The average molecular weight is 317 g/mol. The minimum absolute atomic E-state index is 0.0583. The molecule has 3 rings (SSSR count). The van der Waals surface area contributed by atoms with Crippen LogP contribution in [0.25, 0.3) is 0 Å². The third-order valence-electron chi connectivity index (χ3n) is 4.14. The molecule has 5 nitrogen and oxygen atoms in total. The molecule has 1 aliphatic heterocycles. The molecule has 1 fully saturated rings. The minimum atomic E-state index is -0.236. The SMILES string of the molecule is Cc1nc(C)c(CC(=O)N2CCN(c3ccc(F)cc3)CC2)o1. The van der Waals surface area contributed by atoms with Crippen LogP contribution < -0.4 is 4.90 Å². The van der Waals surface area contributed by atoms with Crippen LogP contribution in [0.5, 0.6) is 0 Å². The predicted octanol–water partition coefficient (Wildman–Crippen LogP) is 2.32. The van der Waals surface area contributed by atoms with Gasteiger partial charge in [-0.1, -0.05) is 0 Å². The number of oxazole rings is 1. The van der Waals surface area contributed by atoms with Crippen LogP contribution in [-0.4, -0.2) is 42.0 Å². The molecule has 1 aliphatic rings. The van der Waals surface area contributed by atoms with Gasteiger partial charge in [0.15, 0.2) is 5.89 Å². The van der Waals surface area contributed by atoms with Crippen LogP contribution in [0, 0.1) is 19.7 Å². The van der Waals surface area contributed by atoms with E-state index in [1.165, 1.54) is 12.1 Å². The third-order valence-corrected chi connectivity index (χ3v) is 4.14. The van der Waals surface area contributed by atoms with E-state index in [-0.39, 0.29) is 18.1 Å². The van der Waals surface area contributed by atoms with Crippen LogP contribution in [0.2, 0.25) is 0 Å². The lowest BCUT2D eigenvalue weighted by atomic mass is 10.2. The van der Waals surface area contributed by atoms with Crippen molar-refractivity contribution in [2.75, 3.05) is 31.1 Å². The molecule has 0 saturated carbocycles. The normalized spacial score (nSPS) is 15.1. The first kappa shape index (κ1) is 15.5. The lowest BCUT2D eigenvalue weighted by molar-refractivity contribution is -0.131. The van der Waals surface area contributed by atoms with E-state index in [0.717, 1.165) is 24.5 Å². The fraction of sp³-hybridized carbons (Fsp3) is 0.412. The van der Waals surface area contributed by atoms with Crippen molar-refractivity contribution < 1.29 is 13.6 Å². The van der Waals surface area contributed by atoms with E-state index in [1.807, 2.05) is 11.8 Å². The molecule has 6 heteroatoms. The Bertz CT molecular complexity index is 688. The largest absolute Gasteiger partial charge is 0.445 e. The summed E-state index contributed by atoms with van der Waals surface area (Å²) in [5.74, 6) is 1.06. The van der Waals surface area contributed by atoms with E-state index in [0.29, 0.717) is 24.7 Å². The number of benzene rings is 1. The van der Waals surface area contributed by atoms with Crippen LogP contribution in [0.3, 0.4) is 0 Å². The Balaban J connectivity index is 1.57. The maximum atomic E-state index is 13.0. The number of anilines is 1. The molecule has 23 heavy (non-hydrogen) atoms. The molecule has 0 aliphatic carbocycles. The van der Waals surface area contributed by atoms with Gasteiger partial charge in [-0.15, -0.1) is 0 Å². The van der Waals surface area contributed by atoms with Gasteiger partial charge in [0.25, 0.3) is 0 Å². The van der Waals surface area contributed by atoms with Gasteiger partial charge in [-0.25, -0.2) is 9.37 Å². The van der Waals surface area contributed by atoms with E-state index < -0.39 is 0 Å². The first-order valence-electron chi connectivity index (χ1n) is 7.74. The molecule has 0 radical (unpaired) electrons. The van der Waals surface area contributed by atoms with Crippen molar-refractivity contribution in [3.8, 4) is 0 Å². The standard InChI is InChI=1S/C17H20FN3O2/c1-12-16(23-13(2)19-12)11-17(22)21-9-7-20(8-10-21)15-5-3-14(18)4-6-15/h3-6H,7-11H2,1-2H3. The van der Waals surface area contributed by atoms with Crippen molar-refractivity contribution in [3.05, 3.63) is 47.4 Å². The topological polar surface area (TPSA) is 49.6 Å². The van der Waals surface area contributed by atoms with Gasteiger partial charge in [0, 0.05) is 38.8 Å². The maximum Gasteiger partial charge on any atom is 0.230 e. The summed E-state index contributed by atoms with van der Waals surface area (Å²) < 4.78 is 18.5. The Labute approximate surface area is 134 Å². The molecule has 1 amide bonds. The molecule has 1 aromatic heterocycles. The van der Waals surface area contributed by atoms with Crippen molar-refractivity contribution in [1.82, 2.24) is 9.88 Å². The second kappa shape index (κ2) is 6.40. The molecule has 0 N–H and O–H groups in total. The van der Waals surface area contributed by atoms with Crippen molar-refractivity contribution in [3.63, 3.8) is 0 Å². The van der Waals surface area contributed by atoms with Gasteiger partial charge in [0.2, 0.25) is 5.91 Å². The Morgan fingerprint density at radius 3 is 2.39 bits per heavy atom. The monoisotopic (exact) mass is 317 g/mol. The molecular weight excluding hydrogens is 297 g/mol. The number of amides is 1. The van der Waals surface area contributed by atoms with Gasteiger partial charge in [-0.2, -0.15) is 0 Å². The van der Waals surface area contributed by atoms with Crippen molar-refractivity contribution >= 4 is 11.6 Å².